The summed E-state index contributed by atoms with van der Waals surface area (Å²) >= 11 is 0.995. The van der Waals surface area contributed by atoms with Crippen molar-refractivity contribution in [2.24, 2.45) is 5.92 Å². The summed E-state index contributed by atoms with van der Waals surface area (Å²) in [7, 11) is 2.72. The van der Waals surface area contributed by atoms with Gasteiger partial charge in [0.1, 0.15) is 40.6 Å². The van der Waals surface area contributed by atoms with Crippen LogP contribution in [0.25, 0.3) is 0 Å². The van der Waals surface area contributed by atoms with Crippen molar-refractivity contribution in [1.29, 1.82) is 0 Å². The Labute approximate surface area is 250 Å². The zero-order valence-electron chi connectivity index (χ0n) is 23.5. The molecule has 0 saturated heterocycles. The fraction of sp³-hybridized carbons (Fsp3) is 0.300. The SMILES string of the molecule is COC(=O)C1=C(O[C@H](C)c2c#cccc2C(F)(F)F)C(C)C(Nc2cc(OCc3ccc(OC)cc3)ccc2[N+](=O)[O-])S1. The summed E-state index contributed by atoms with van der Waals surface area (Å²) in [5, 5.41) is 14.2. The molecule has 0 aliphatic carbocycles. The molecule has 226 valence electrons. The quantitative estimate of drug-likeness (QED) is 0.137. The van der Waals surface area contributed by atoms with Crippen LogP contribution in [0.3, 0.4) is 0 Å². The van der Waals surface area contributed by atoms with E-state index in [0.29, 0.717) is 11.5 Å². The molecule has 1 N–H and O–H groups in total. The Hall–Kier alpha value is -4.57. The van der Waals surface area contributed by atoms with Gasteiger partial charge >= 0.3 is 12.1 Å². The number of anilines is 1. The van der Waals surface area contributed by atoms with E-state index in [1.807, 2.05) is 12.1 Å². The molecule has 13 heteroatoms. The predicted octanol–water partition coefficient (Wildman–Crippen LogP) is 7.08. The van der Waals surface area contributed by atoms with Gasteiger partial charge in [0.25, 0.3) is 5.69 Å². The van der Waals surface area contributed by atoms with Crippen LogP contribution in [0.2, 0.25) is 0 Å². The van der Waals surface area contributed by atoms with Crippen molar-refractivity contribution in [3.63, 3.8) is 0 Å². The van der Waals surface area contributed by atoms with Crippen molar-refractivity contribution in [1.82, 2.24) is 0 Å². The van der Waals surface area contributed by atoms with Crippen LogP contribution < -0.4 is 14.8 Å². The lowest BCUT2D eigenvalue weighted by Gasteiger charge is -2.23. The smallest absolute Gasteiger partial charge is 0.417 e. The third kappa shape index (κ3) is 7.26. The number of hydrogen-bond acceptors (Lipinski definition) is 9. The van der Waals surface area contributed by atoms with Gasteiger partial charge in [-0.05, 0) is 42.8 Å². The van der Waals surface area contributed by atoms with Crippen molar-refractivity contribution in [3.05, 3.63) is 104 Å². The van der Waals surface area contributed by atoms with Crippen LogP contribution >= 0.6 is 11.8 Å². The zero-order valence-corrected chi connectivity index (χ0v) is 24.3. The van der Waals surface area contributed by atoms with Gasteiger partial charge in [0, 0.05) is 18.1 Å². The summed E-state index contributed by atoms with van der Waals surface area (Å²) in [5.41, 5.74) is -0.494. The molecule has 3 aromatic carbocycles. The molecule has 0 radical (unpaired) electrons. The Morgan fingerprint density at radius 1 is 1.14 bits per heavy atom. The number of rotatable bonds is 11. The molecule has 4 rings (SSSR count). The summed E-state index contributed by atoms with van der Waals surface area (Å²) in [6, 6.07) is 18.4. The zero-order chi connectivity index (χ0) is 31.3. The number of nitrogens with one attached hydrogen (secondary N) is 1. The highest BCUT2D eigenvalue weighted by Gasteiger charge is 2.41. The van der Waals surface area contributed by atoms with E-state index in [2.05, 4.69) is 17.4 Å². The van der Waals surface area contributed by atoms with Gasteiger partial charge in [0.05, 0.1) is 35.6 Å². The van der Waals surface area contributed by atoms with Crippen LogP contribution in [0, 0.1) is 28.2 Å². The summed E-state index contributed by atoms with van der Waals surface area (Å²) in [6.45, 7) is 3.28. The first-order chi connectivity index (χ1) is 20.4. The maximum Gasteiger partial charge on any atom is 0.417 e. The largest absolute Gasteiger partial charge is 0.497 e. The summed E-state index contributed by atoms with van der Waals surface area (Å²) in [5.74, 6) is -0.253. The summed E-state index contributed by atoms with van der Waals surface area (Å²) in [6.07, 6.45) is -5.81. The van der Waals surface area contributed by atoms with E-state index in [0.717, 1.165) is 29.5 Å². The average Bonchev–Trinajstić information content (AvgIpc) is 3.29. The van der Waals surface area contributed by atoms with Crippen molar-refractivity contribution in [2.75, 3.05) is 19.5 Å². The van der Waals surface area contributed by atoms with E-state index in [4.69, 9.17) is 18.9 Å². The van der Waals surface area contributed by atoms with E-state index in [1.54, 1.807) is 26.2 Å². The molecule has 9 nitrogen and oxygen atoms in total. The number of methoxy groups -OCH3 is 2. The first-order valence-corrected chi connectivity index (χ1v) is 13.8. The Kier molecular flexibility index (Phi) is 9.60. The molecule has 1 heterocycles. The number of nitro groups is 1. The van der Waals surface area contributed by atoms with E-state index in [9.17, 15) is 28.1 Å². The lowest BCUT2D eigenvalue weighted by Crippen LogP contribution is -2.23. The number of carbonyl (C=O) groups is 1. The van der Waals surface area contributed by atoms with E-state index in [-0.39, 0.29) is 34.2 Å². The van der Waals surface area contributed by atoms with Crippen molar-refractivity contribution in [3.8, 4) is 11.5 Å². The number of ether oxygens (including phenoxy) is 4. The molecular formula is C30H27F3N2O7S. The highest BCUT2D eigenvalue weighted by atomic mass is 32.2. The molecule has 0 saturated carbocycles. The second kappa shape index (κ2) is 13.2. The lowest BCUT2D eigenvalue weighted by atomic mass is 10.0. The van der Waals surface area contributed by atoms with Gasteiger partial charge in [-0.25, -0.2) is 4.79 Å². The number of alkyl halides is 3. The summed E-state index contributed by atoms with van der Waals surface area (Å²) < 4.78 is 62.7. The third-order valence-corrected chi connectivity index (χ3v) is 7.96. The minimum atomic E-state index is -4.66. The molecule has 2 unspecified atom stereocenters. The first kappa shape index (κ1) is 31.4. The third-order valence-electron chi connectivity index (χ3n) is 6.58. The Morgan fingerprint density at radius 3 is 2.47 bits per heavy atom. The summed E-state index contributed by atoms with van der Waals surface area (Å²) in [4.78, 5) is 24.0. The molecule has 0 spiro atoms. The van der Waals surface area contributed by atoms with Crippen LogP contribution in [0.4, 0.5) is 24.5 Å². The van der Waals surface area contributed by atoms with E-state index < -0.39 is 40.0 Å². The fourth-order valence-electron chi connectivity index (χ4n) is 4.33. The number of halogens is 3. The minimum absolute atomic E-state index is 0.0300. The number of nitro benzene ring substituents is 1. The van der Waals surface area contributed by atoms with Crippen molar-refractivity contribution in [2.45, 2.75) is 38.1 Å². The molecular weight excluding hydrogens is 589 g/mol. The second-order valence-corrected chi connectivity index (χ2v) is 10.6. The molecule has 0 fully saturated rings. The van der Waals surface area contributed by atoms with Gasteiger partial charge in [-0.3, -0.25) is 10.1 Å². The number of nitrogens with zero attached hydrogens (tertiary/aromatic N) is 1. The first-order valence-electron chi connectivity index (χ1n) is 12.9. The van der Waals surface area contributed by atoms with Gasteiger partial charge in [0.15, 0.2) is 0 Å². The van der Waals surface area contributed by atoms with Crippen LogP contribution in [0.1, 0.15) is 36.6 Å². The van der Waals surface area contributed by atoms with Crippen LogP contribution in [0.5, 0.6) is 11.5 Å². The molecule has 1 aliphatic rings. The Balaban J connectivity index is 1.56. The van der Waals surface area contributed by atoms with Gasteiger partial charge < -0.3 is 24.3 Å². The number of benzene rings is 2. The predicted molar refractivity (Wildman–Crippen MR) is 152 cm³/mol. The normalized spacial score (nSPS) is 17.1. The topological polar surface area (TPSA) is 109 Å². The van der Waals surface area contributed by atoms with Gasteiger partial charge in [-0.15, -0.1) is 0 Å². The Morgan fingerprint density at radius 2 is 1.84 bits per heavy atom. The highest BCUT2D eigenvalue weighted by molar-refractivity contribution is 8.04. The monoisotopic (exact) mass is 616 g/mol. The minimum Gasteiger partial charge on any atom is -0.497 e. The number of thioether (sulfide) groups is 1. The highest BCUT2D eigenvalue weighted by Crippen LogP contribution is 2.47. The molecule has 0 aromatic heterocycles. The maximum atomic E-state index is 13.6. The molecule has 43 heavy (non-hydrogen) atoms. The van der Waals surface area contributed by atoms with Crippen LogP contribution in [-0.2, 0) is 27.1 Å². The van der Waals surface area contributed by atoms with E-state index in [1.165, 1.54) is 32.2 Å². The van der Waals surface area contributed by atoms with Crippen LogP contribution in [-0.4, -0.2) is 30.5 Å². The van der Waals surface area contributed by atoms with Gasteiger partial charge in [-0.2, -0.15) is 13.2 Å². The molecule has 3 aromatic rings. The van der Waals surface area contributed by atoms with Gasteiger partial charge in [-0.1, -0.05) is 43.0 Å². The molecule has 0 bridgehead atoms. The van der Waals surface area contributed by atoms with Crippen molar-refractivity contribution >= 4 is 29.1 Å². The maximum absolute atomic E-state index is 13.6. The van der Waals surface area contributed by atoms with Crippen LogP contribution in [0.15, 0.2) is 65.3 Å². The molecule has 0 amide bonds. The molecule has 3 atom stereocenters. The number of carbonyl (C=O) groups excluding carboxylic acids is 1. The van der Waals surface area contributed by atoms with E-state index >= 15 is 0 Å². The van der Waals surface area contributed by atoms with Crippen molar-refractivity contribution < 1.29 is 41.8 Å². The molecule has 1 aliphatic heterocycles. The number of esters is 1. The van der Waals surface area contributed by atoms with Gasteiger partial charge in [0.2, 0.25) is 0 Å². The lowest BCUT2D eigenvalue weighted by molar-refractivity contribution is -0.384. The average molecular weight is 617 g/mol. The Bertz CT molecular complexity index is 1510. The second-order valence-electron chi connectivity index (χ2n) is 9.42. The standard InChI is InChI=1S/C30H27F3N2O7S/c1-17-26(42-18(2)22-7-5-6-8-23(22)30(31,32)33)27(29(36)40-4)43-28(17)34-24-15-21(13-14-25(24)35(37)38)41-16-19-9-11-20(39-3)12-10-19/h6,8-15,17-18,28,34H,16H2,1-4H3/t17?,18-,28?/m1/s1. The fourth-order valence-corrected chi connectivity index (χ4v) is 5.63. The number of hydrogen-bond donors (Lipinski definition) is 1.